The molecule has 3 N–H and O–H groups in total. The average molecular weight is 300 g/mol. The minimum absolute atomic E-state index is 0.138. The molecule has 0 aliphatic heterocycles. The fourth-order valence-electron chi connectivity index (χ4n) is 1.37. The van der Waals surface area contributed by atoms with E-state index in [1.807, 2.05) is 0 Å². The Labute approximate surface area is 112 Å². The number of halogens is 1. The topological polar surface area (TPSA) is 128 Å². The van der Waals surface area contributed by atoms with Gasteiger partial charge in [0.05, 0.1) is 10.6 Å². The van der Waals surface area contributed by atoms with E-state index in [1.165, 1.54) is 0 Å². The zero-order chi connectivity index (χ0) is 14.9. The smallest absolute Gasteiger partial charge is 0.281 e. The van der Waals surface area contributed by atoms with Gasteiger partial charge in [0.15, 0.2) is 9.84 Å². The first-order valence-corrected chi connectivity index (χ1v) is 7.07. The van der Waals surface area contributed by atoms with E-state index in [0.29, 0.717) is 0 Å². The van der Waals surface area contributed by atoms with E-state index in [1.54, 1.807) is 0 Å². The molecule has 0 spiro atoms. The molecule has 0 unspecified atom stereocenters. The van der Waals surface area contributed by atoms with Crippen molar-refractivity contribution in [3.8, 4) is 0 Å². The van der Waals surface area contributed by atoms with Crippen LogP contribution in [0.3, 0.4) is 0 Å². The van der Waals surface area contributed by atoms with Crippen LogP contribution in [0.4, 0.5) is 15.9 Å². The van der Waals surface area contributed by atoms with Gasteiger partial charge in [-0.15, -0.1) is 0 Å². The Morgan fingerprint density at radius 3 is 2.65 bits per heavy atom. The third kappa shape index (κ3) is 2.74. The molecule has 2 aromatic rings. The van der Waals surface area contributed by atoms with Gasteiger partial charge in [-0.2, -0.15) is 0 Å². The van der Waals surface area contributed by atoms with Gasteiger partial charge >= 0.3 is 0 Å². The molecule has 0 atom stereocenters. The Hall–Kier alpha value is -2.49. The number of nitrogens with zero attached hydrogens (tertiary/aromatic N) is 2. The number of anilines is 2. The summed E-state index contributed by atoms with van der Waals surface area (Å²) in [5.41, 5.74) is 4.67. The van der Waals surface area contributed by atoms with Crippen molar-refractivity contribution in [2.75, 3.05) is 17.3 Å². The number of nitrogens with two attached hydrogens (primary N) is 1. The summed E-state index contributed by atoms with van der Waals surface area (Å²) in [4.78, 5) is 11.6. The molecule has 0 fully saturated rings. The Morgan fingerprint density at radius 2 is 2.10 bits per heavy atom. The van der Waals surface area contributed by atoms with Crippen molar-refractivity contribution >= 4 is 27.2 Å². The zero-order valence-electron chi connectivity index (χ0n) is 10.1. The second-order valence-corrected chi connectivity index (χ2v) is 5.88. The molecule has 1 aromatic carbocycles. The number of hydrogen-bond donors (Lipinski definition) is 2. The zero-order valence-corrected chi connectivity index (χ0v) is 10.9. The molecule has 0 radical (unpaired) electrons. The largest absolute Gasteiger partial charge is 0.379 e. The van der Waals surface area contributed by atoms with E-state index in [2.05, 4.69) is 20.3 Å². The van der Waals surface area contributed by atoms with Crippen molar-refractivity contribution < 1.29 is 22.2 Å². The minimum Gasteiger partial charge on any atom is -0.379 e. The van der Waals surface area contributed by atoms with Crippen LogP contribution in [0.5, 0.6) is 0 Å². The molecule has 0 aliphatic carbocycles. The normalized spacial score (nSPS) is 11.3. The number of benzene rings is 1. The van der Waals surface area contributed by atoms with Crippen LogP contribution < -0.4 is 11.1 Å². The molecular formula is C10H9FN4O4S. The number of rotatable bonds is 3. The predicted octanol–water partition coefficient (Wildman–Crippen LogP) is 0.447. The lowest BCUT2D eigenvalue weighted by Gasteiger charge is -2.06. The number of nitrogens with one attached hydrogen (secondary N) is 1. The van der Waals surface area contributed by atoms with Crippen molar-refractivity contribution in [2.45, 2.75) is 4.90 Å². The molecule has 2 rings (SSSR count). The molecule has 10 heteroatoms. The van der Waals surface area contributed by atoms with Gasteiger partial charge in [0.2, 0.25) is 11.5 Å². The van der Waals surface area contributed by atoms with Crippen LogP contribution in [0.15, 0.2) is 27.7 Å². The third-order valence-corrected chi connectivity index (χ3v) is 3.45. The van der Waals surface area contributed by atoms with E-state index < -0.39 is 21.6 Å². The van der Waals surface area contributed by atoms with Gasteiger partial charge in [0.25, 0.3) is 5.91 Å². The number of hydrogen-bond acceptors (Lipinski definition) is 7. The fraction of sp³-hybridized carbons (Fsp3) is 0.100. The summed E-state index contributed by atoms with van der Waals surface area (Å²) >= 11 is 0. The van der Waals surface area contributed by atoms with Gasteiger partial charge < -0.3 is 11.1 Å². The maximum atomic E-state index is 13.6. The van der Waals surface area contributed by atoms with Crippen LogP contribution in [-0.2, 0) is 9.84 Å². The molecule has 1 amide bonds. The predicted molar refractivity (Wildman–Crippen MR) is 66.2 cm³/mol. The van der Waals surface area contributed by atoms with Gasteiger partial charge in [-0.1, -0.05) is 0 Å². The maximum Gasteiger partial charge on any atom is 0.281 e. The summed E-state index contributed by atoms with van der Waals surface area (Å²) in [6.07, 6.45) is 0.964. The quantitative estimate of drug-likeness (QED) is 0.787. The number of aromatic nitrogens is 2. The van der Waals surface area contributed by atoms with E-state index >= 15 is 0 Å². The molecule has 1 aromatic heterocycles. The van der Waals surface area contributed by atoms with Crippen LogP contribution in [-0.4, -0.2) is 30.9 Å². The van der Waals surface area contributed by atoms with Crippen LogP contribution >= 0.6 is 0 Å². The molecule has 8 nitrogen and oxygen atoms in total. The Bertz CT molecular complexity index is 771. The van der Waals surface area contributed by atoms with Crippen LogP contribution in [0, 0.1) is 5.82 Å². The second kappa shape index (κ2) is 4.89. The maximum absolute atomic E-state index is 13.6. The number of nitrogen functional groups attached to an aromatic ring is 1. The molecule has 106 valence electrons. The number of amides is 1. The summed E-state index contributed by atoms with van der Waals surface area (Å²) in [5, 5.41) is 8.59. The standard InChI is InChI=1S/C10H9FN4O4S/c1-20(17,18)5-2-3-6(11)7(4-5)13-10(16)8-9(12)15-19-14-8/h2-4H,1H3,(H2,12,15)(H,13,16). The highest BCUT2D eigenvalue weighted by atomic mass is 32.2. The van der Waals surface area contributed by atoms with Crippen molar-refractivity contribution in [3.63, 3.8) is 0 Å². The summed E-state index contributed by atoms with van der Waals surface area (Å²) < 4.78 is 40.5. The fourth-order valence-corrected chi connectivity index (χ4v) is 2.01. The Morgan fingerprint density at radius 1 is 1.40 bits per heavy atom. The average Bonchev–Trinajstić information content (AvgIpc) is 2.77. The lowest BCUT2D eigenvalue weighted by Crippen LogP contribution is -2.15. The van der Waals surface area contributed by atoms with Crippen LogP contribution in [0.1, 0.15) is 10.5 Å². The molecule has 1 heterocycles. The highest BCUT2D eigenvalue weighted by Crippen LogP contribution is 2.20. The first kappa shape index (κ1) is 13.9. The SMILES string of the molecule is CS(=O)(=O)c1ccc(F)c(NC(=O)c2nonc2N)c1. The highest BCUT2D eigenvalue weighted by Gasteiger charge is 2.19. The molecular weight excluding hydrogens is 291 g/mol. The van der Waals surface area contributed by atoms with Gasteiger partial charge in [0, 0.05) is 6.26 Å². The minimum atomic E-state index is -3.53. The first-order valence-electron chi connectivity index (χ1n) is 5.18. The van der Waals surface area contributed by atoms with Crippen LogP contribution in [0.2, 0.25) is 0 Å². The Balaban J connectivity index is 2.34. The molecule has 0 saturated heterocycles. The first-order chi connectivity index (χ1) is 9.29. The lowest BCUT2D eigenvalue weighted by molar-refractivity contribution is 0.101. The van der Waals surface area contributed by atoms with Crippen molar-refractivity contribution in [1.82, 2.24) is 10.3 Å². The van der Waals surface area contributed by atoms with Crippen molar-refractivity contribution in [1.29, 1.82) is 0 Å². The second-order valence-electron chi connectivity index (χ2n) is 3.87. The third-order valence-electron chi connectivity index (χ3n) is 2.34. The summed E-state index contributed by atoms with van der Waals surface area (Å²) in [7, 11) is -3.53. The van der Waals surface area contributed by atoms with Crippen molar-refractivity contribution in [2.24, 2.45) is 0 Å². The van der Waals surface area contributed by atoms with Gasteiger partial charge in [0.1, 0.15) is 5.82 Å². The number of sulfone groups is 1. The lowest BCUT2D eigenvalue weighted by atomic mass is 10.3. The summed E-state index contributed by atoms with van der Waals surface area (Å²) in [6, 6.07) is 3.01. The summed E-state index contributed by atoms with van der Waals surface area (Å²) in [5.74, 6) is -1.93. The van der Waals surface area contributed by atoms with Crippen LogP contribution in [0.25, 0.3) is 0 Å². The molecule has 20 heavy (non-hydrogen) atoms. The molecule has 0 saturated carbocycles. The highest BCUT2D eigenvalue weighted by molar-refractivity contribution is 7.90. The van der Waals surface area contributed by atoms with Gasteiger partial charge in [-0.05, 0) is 28.5 Å². The van der Waals surface area contributed by atoms with E-state index in [4.69, 9.17) is 5.73 Å². The number of carbonyl (C=O) groups is 1. The van der Waals surface area contributed by atoms with Gasteiger partial charge in [-0.3, -0.25) is 4.79 Å². The van der Waals surface area contributed by atoms with E-state index in [0.717, 1.165) is 24.5 Å². The van der Waals surface area contributed by atoms with E-state index in [-0.39, 0.29) is 22.1 Å². The molecule has 0 aliphatic rings. The van der Waals surface area contributed by atoms with Gasteiger partial charge in [-0.25, -0.2) is 17.4 Å². The van der Waals surface area contributed by atoms with Crippen molar-refractivity contribution in [3.05, 3.63) is 29.7 Å². The number of carbonyl (C=O) groups excluding carboxylic acids is 1. The molecule has 0 bridgehead atoms. The monoisotopic (exact) mass is 300 g/mol. The Kier molecular flexibility index (Phi) is 3.40. The van der Waals surface area contributed by atoms with E-state index in [9.17, 15) is 17.6 Å². The summed E-state index contributed by atoms with van der Waals surface area (Å²) in [6.45, 7) is 0.